The van der Waals surface area contributed by atoms with Gasteiger partial charge in [-0.25, -0.2) is 0 Å². The maximum Gasteiger partial charge on any atom is 0.128 e. The van der Waals surface area contributed by atoms with Crippen molar-refractivity contribution in [2.75, 3.05) is 39.3 Å². The first-order valence-electron chi connectivity index (χ1n) is 10.2. The second kappa shape index (κ2) is 12.9. The lowest BCUT2D eigenvalue weighted by Crippen LogP contribution is -2.29. The molecule has 0 aliphatic rings. The zero-order valence-electron chi connectivity index (χ0n) is 17.8. The summed E-state index contributed by atoms with van der Waals surface area (Å²) in [6, 6.07) is 6.44. The smallest absolute Gasteiger partial charge is 0.128 e. The zero-order chi connectivity index (χ0) is 20.1. The number of amidine groups is 3. The van der Waals surface area contributed by atoms with Gasteiger partial charge in [-0.15, -0.1) is 0 Å². The van der Waals surface area contributed by atoms with Crippen molar-refractivity contribution < 1.29 is 0 Å². The van der Waals surface area contributed by atoms with Crippen LogP contribution < -0.4 is 16.0 Å². The number of hydrogen-bond acceptors (Lipinski definition) is 3. The summed E-state index contributed by atoms with van der Waals surface area (Å²) in [5.41, 5.74) is 3.15. The molecule has 6 nitrogen and oxygen atoms in total. The Labute approximate surface area is 164 Å². The first-order chi connectivity index (χ1) is 13.1. The average Bonchev–Trinajstić information content (AvgIpc) is 2.67. The molecule has 0 heterocycles. The van der Waals surface area contributed by atoms with E-state index in [4.69, 9.17) is 0 Å². The molecule has 0 saturated heterocycles. The highest BCUT2D eigenvalue weighted by atomic mass is 15.0. The van der Waals surface area contributed by atoms with Crippen LogP contribution in [0, 0.1) is 0 Å². The predicted octanol–water partition coefficient (Wildman–Crippen LogP) is 2.81. The third kappa shape index (κ3) is 7.04. The fourth-order valence-corrected chi connectivity index (χ4v) is 2.76. The van der Waals surface area contributed by atoms with Crippen LogP contribution in [0.3, 0.4) is 0 Å². The van der Waals surface area contributed by atoms with Gasteiger partial charge in [0.1, 0.15) is 17.5 Å². The summed E-state index contributed by atoms with van der Waals surface area (Å²) in [4.78, 5) is 14.0. The Morgan fingerprint density at radius 2 is 0.815 bits per heavy atom. The topological polar surface area (TPSA) is 73.2 Å². The minimum atomic E-state index is 0.730. The third-order valence-electron chi connectivity index (χ3n) is 3.73. The van der Waals surface area contributed by atoms with E-state index in [0.717, 1.165) is 73.5 Å². The van der Waals surface area contributed by atoms with Crippen molar-refractivity contribution in [2.24, 2.45) is 15.0 Å². The van der Waals surface area contributed by atoms with Crippen molar-refractivity contribution in [3.63, 3.8) is 0 Å². The maximum atomic E-state index is 4.65. The van der Waals surface area contributed by atoms with Gasteiger partial charge in [0.15, 0.2) is 0 Å². The summed E-state index contributed by atoms with van der Waals surface area (Å²) in [6.45, 7) is 17.1. The second-order valence-electron chi connectivity index (χ2n) is 5.86. The molecular weight excluding hydrogens is 336 g/mol. The van der Waals surface area contributed by atoms with Gasteiger partial charge in [-0.2, -0.15) is 0 Å². The molecule has 1 rings (SSSR count). The number of benzene rings is 1. The Morgan fingerprint density at radius 1 is 0.556 bits per heavy atom. The third-order valence-corrected chi connectivity index (χ3v) is 3.73. The monoisotopic (exact) mass is 372 g/mol. The van der Waals surface area contributed by atoms with Gasteiger partial charge >= 0.3 is 0 Å². The van der Waals surface area contributed by atoms with E-state index in [2.05, 4.69) is 69.9 Å². The molecule has 6 heteroatoms. The van der Waals surface area contributed by atoms with Crippen LogP contribution in [0.2, 0.25) is 0 Å². The van der Waals surface area contributed by atoms with Gasteiger partial charge in [0.2, 0.25) is 0 Å². The van der Waals surface area contributed by atoms with Crippen molar-refractivity contribution >= 4 is 17.5 Å². The molecule has 0 amide bonds. The van der Waals surface area contributed by atoms with Crippen molar-refractivity contribution in [2.45, 2.75) is 41.5 Å². The predicted molar refractivity (Wildman–Crippen MR) is 119 cm³/mol. The van der Waals surface area contributed by atoms with E-state index < -0.39 is 0 Å². The molecular formula is C21H36N6. The quantitative estimate of drug-likeness (QED) is 0.461. The highest BCUT2D eigenvalue weighted by Crippen LogP contribution is 2.13. The van der Waals surface area contributed by atoms with E-state index in [1.165, 1.54) is 0 Å². The van der Waals surface area contributed by atoms with E-state index in [9.17, 15) is 0 Å². The maximum absolute atomic E-state index is 4.65. The van der Waals surface area contributed by atoms with E-state index in [1.807, 2.05) is 20.8 Å². The molecule has 0 saturated carbocycles. The lowest BCUT2D eigenvalue weighted by atomic mass is 10.0. The largest absolute Gasteiger partial charge is 0.370 e. The Morgan fingerprint density at radius 3 is 1.00 bits per heavy atom. The summed E-state index contributed by atoms with van der Waals surface area (Å²) >= 11 is 0. The van der Waals surface area contributed by atoms with E-state index in [1.54, 1.807) is 0 Å². The molecule has 1 aromatic rings. The summed E-state index contributed by atoms with van der Waals surface area (Å²) in [5, 5.41) is 10.2. The molecule has 0 fully saturated rings. The van der Waals surface area contributed by atoms with Crippen LogP contribution >= 0.6 is 0 Å². The van der Waals surface area contributed by atoms with Crippen LogP contribution in [0.25, 0.3) is 0 Å². The van der Waals surface area contributed by atoms with Gasteiger partial charge in [0.05, 0.1) is 0 Å². The van der Waals surface area contributed by atoms with Crippen LogP contribution in [-0.4, -0.2) is 56.8 Å². The van der Waals surface area contributed by atoms with Crippen LogP contribution in [0.5, 0.6) is 0 Å². The number of nitrogens with zero attached hydrogens (tertiary/aromatic N) is 3. The Hall–Kier alpha value is -2.37. The number of aliphatic imine (C=N–C) groups is 3. The highest BCUT2D eigenvalue weighted by molar-refractivity contribution is 6.08. The van der Waals surface area contributed by atoms with Crippen molar-refractivity contribution in [3.05, 3.63) is 34.9 Å². The van der Waals surface area contributed by atoms with Crippen molar-refractivity contribution in [1.29, 1.82) is 0 Å². The van der Waals surface area contributed by atoms with Gasteiger partial charge < -0.3 is 16.0 Å². The van der Waals surface area contributed by atoms with Gasteiger partial charge in [-0.3, -0.25) is 15.0 Å². The van der Waals surface area contributed by atoms with Crippen LogP contribution in [0.15, 0.2) is 33.2 Å². The fraction of sp³-hybridized carbons (Fsp3) is 0.571. The minimum absolute atomic E-state index is 0.730. The molecule has 1 aromatic carbocycles. The average molecular weight is 373 g/mol. The Bertz CT molecular complexity index is 558. The lowest BCUT2D eigenvalue weighted by molar-refractivity contribution is 0.940. The number of rotatable bonds is 9. The normalized spacial score (nSPS) is 12.9. The molecule has 0 atom stereocenters. The first kappa shape index (κ1) is 22.7. The summed E-state index contributed by atoms with van der Waals surface area (Å²) in [7, 11) is 0. The van der Waals surface area contributed by atoms with Gasteiger partial charge in [0.25, 0.3) is 0 Å². The summed E-state index contributed by atoms with van der Waals surface area (Å²) in [5.74, 6) is 2.72. The number of hydrogen-bond donors (Lipinski definition) is 3. The molecule has 3 N–H and O–H groups in total. The molecule has 0 bridgehead atoms. The van der Waals surface area contributed by atoms with Gasteiger partial charge in [-0.05, 0) is 59.7 Å². The van der Waals surface area contributed by atoms with E-state index >= 15 is 0 Å². The van der Waals surface area contributed by atoms with Crippen molar-refractivity contribution in [1.82, 2.24) is 16.0 Å². The Balaban J connectivity index is 3.60. The van der Waals surface area contributed by atoms with E-state index in [0.29, 0.717) is 0 Å². The molecule has 0 spiro atoms. The molecule has 150 valence electrons. The fourth-order valence-electron chi connectivity index (χ4n) is 2.76. The van der Waals surface area contributed by atoms with Crippen molar-refractivity contribution in [3.8, 4) is 0 Å². The Kier molecular flexibility index (Phi) is 10.8. The standard InChI is InChI=1S/C21H36N6/c1-7-22-19(23-8-2)16-13-17(20(24-9-3)25-10-4)15-18(14-16)21(26-11-5)27-12-6/h13-15H,7-12H2,1-6H3,(H,22,23)(H,24,25)(H,26,27). The molecule has 0 aliphatic heterocycles. The van der Waals surface area contributed by atoms with Crippen LogP contribution in [-0.2, 0) is 0 Å². The minimum Gasteiger partial charge on any atom is -0.370 e. The SMILES string of the molecule is CCN=C(NCC)c1cc(C(=NCC)NCC)cc(C(=NCC)NCC)c1. The highest BCUT2D eigenvalue weighted by Gasteiger charge is 2.13. The number of nitrogens with one attached hydrogen (secondary N) is 3. The molecule has 0 aliphatic carbocycles. The zero-order valence-corrected chi connectivity index (χ0v) is 17.8. The second-order valence-corrected chi connectivity index (χ2v) is 5.86. The summed E-state index contributed by atoms with van der Waals surface area (Å²) in [6.07, 6.45) is 0. The summed E-state index contributed by atoms with van der Waals surface area (Å²) < 4.78 is 0. The molecule has 0 aromatic heterocycles. The van der Waals surface area contributed by atoms with Gasteiger partial charge in [0, 0.05) is 56.0 Å². The van der Waals surface area contributed by atoms with Crippen LogP contribution in [0.1, 0.15) is 58.2 Å². The molecule has 27 heavy (non-hydrogen) atoms. The molecule has 0 unspecified atom stereocenters. The van der Waals surface area contributed by atoms with E-state index in [-0.39, 0.29) is 0 Å². The van der Waals surface area contributed by atoms with Crippen LogP contribution in [0.4, 0.5) is 0 Å². The lowest BCUT2D eigenvalue weighted by Gasteiger charge is -2.16. The van der Waals surface area contributed by atoms with Gasteiger partial charge in [-0.1, -0.05) is 0 Å². The first-order valence-corrected chi connectivity index (χ1v) is 10.2. The molecule has 0 radical (unpaired) electrons.